The SMILES string of the molecule is FC(F)(Cc1ccccc1Cl)C1CCNCC1. The Hall–Kier alpha value is -0.670. The van der Waals surface area contributed by atoms with Crippen LogP contribution < -0.4 is 5.32 Å². The molecule has 1 aliphatic heterocycles. The van der Waals surface area contributed by atoms with Crippen molar-refractivity contribution in [3.8, 4) is 0 Å². The van der Waals surface area contributed by atoms with Crippen molar-refractivity contribution in [2.45, 2.75) is 25.2 Å². The normalized spacial score (nSPS) is 18.3. The van der Waals surface area contributed by atoms with Crippen molar-refractivity contribution in [3.63, 3.8) is 0 Å². The summed E-state index contributed by atoms with van der Waals surface area (Å²) in [4.78, 5) is 0. The summed E-state index contributed by atoms with van der Waals surface area (Å²) in [5, 5.41) is 3.53. The van der Waals surface area contributed by atoms with Gasteiger partial charge in [0.1, 0.15) is 0 Å². The Morgan fingerprint density at radius 2 is 1.88 bits per heavy atom. The highest BCUT2D eigenvalue weighted by Crippen LogP contribution is 2.35. The number of benzene rings is 1. The minimum Gasteiger partial charge on any atom is -0.317 e. The molecule has 1 aliphatic rings. The molecule has 1 fully saturated rings. The number of hydrogen-bond donors (Lipinski definition) is 1. The first kappa shape index (κ1) is 12.8. The van der Waals surface area contributed by atoms with Gasteiger partial charge in [0.05, 0.1) is 0 Å². The van der Waals surface area contributed by atoms with Crippen molar-refractivity contribution in [1.29, 1.82) is 0 Å². The van der Waals surface area contributed by atoms with Crippen molar-refractivity contribution in [2.75, 3.05) is 13.1 Å². The van der Waals surface area contributed by atoms with Crippen molar-refractivity contribution in [2.24, 2.45) is 5.92 Å². The van der Waals surface area contributed by atoms with Gasteiger partial charge in [-0.05, 0) is 37.6 Å². The van der Waals surface area contributed by atoms with Crippen LogP contribution in [0, 0.1) is 5.92 Å². The maximum atomic E-state index is 14.1. The van der Waals surface area contributed by atoms with E-state index in [-0.39, 0.29) is 6.42 Å². The Kier molecular flexibility index (Phi) is 4.00. The molecule has 0 aliphatic carbocycles. The Labute approximate surface area is 105 Å². The predicted molar refractivity (Wildman–Crippen MR) is 65.7 cm³/mol. The lowest BCUT2D eigenvalue weighted by Crippen LogP contribution is -2.39. The Bertz CT molecular complexity index is 375. The lowest BCUT2D eigenvalue weighted by molar-refractivity contribution is -0.0674. The maximum absolute atomic E-state index is 14.1. The van der Waals surface area contributed by atoms with Crippen LogP contribution in [0.5, 0.6) is 0 Å². The smallest absolute Gasteiger partial charge is 0.255 e. The molecule has 1 nitrogen and oxygen atoms in total. The summed E-state index contributed by atoms with van der Waals surface area (Å²) in [6, 6.07) is 6.85. The van der Waals surface area contributed by atoms with E-state index in [1.54, 1.807) is 24.3 Å². The fraction of sp³-hybridized carbons (Fsp3) is 0.538. The van der Waals surface area contributed by atoms with E-state index in [1.807, 2.05) is 0 Å². The van der Waals surface area contributed by atoms with Crippen LogP contribution in [0.1, 0.15) is 18.4 Å². The van der Waals surface area contributed by atoms with Crippen LogP contribution in [0.15, 0.2) is 24.3 Å². The monoisotopic (exact) mass is 259 g/mol. The first-order valence-electron chi connectivity index (χ1n) is 5.91. The number of nitrogens with one attached hydrogen (secondary N) is 1. The molecule has 0 spiro atoms. The van der Waals surface area contributed by atoms with E-state index in [9.17, 15) is 8.78 Å². The van der Waals surface area contributed by atoms with Crippen molar-refractivity contribution < 1.29 is 8.78 Å². The van der Waals surface area contributed by atoms with Crippen molar-refractivity contribution >= 4 is 11.6 Å². The molecule has 0 saturated carbocycles. The van der Waals surface area contributed by atoms with Gasteiger partial charge in [0, 0.05) is 17.4 Å². The van der Waals surface area contributed by atoms with Crippen LogP contribution in [0.4, 0.5) is 8.78 Å². The number of rotatable bonds is 3. The fourth-order valence-electron chi connectivity index (χ4n) is 2.28. The summed E-state index contributed by atoms with van der Waals surface area (Å²) in [6.45, 7) is 1.37. The van der Waals surface area contributed by atoms with Gasteiger partial charge in [0.25, 0.3) is 5.92 Å². The molecule has 1 heterocycles. The van der Waals surface area contributed by atoms with Crippen LogP contribution >= 0.6 is 11.6 Å². The third kappa shape index (κ3) is 3.17. The molecule has 1 aromatic rings. The lowest BCUT2D eigenvalue weighted by atomic mass is 9.87. The molecule has 1 saturated heterocycles. The van der Waals surface area contributed by atoms with Crippen LogP contribution in [-0.4, -0.2) is 19.0 Å². The van der Waals surface area contributed by atoms with Gasteiger partial charge in [-0.1, -0.05) is 29.8 Å². The Morgan fingerprint density at radius 1 is 1.24 bits per heavy atom. The van der Waals surface area contributed by atoms with Gasteiger partial charge >= 0.3 is 0 Å². The maximum Gasteiger partial charge on any atom is 0.255 e. The molecule has 0 unspecified atom stereocenters. The summed E-state index contributed by atoms with van der Waals surface area (Å²) in [6.07, 6.45) is 0.826. The predicted octanol–water partition coefficient (Wildman–Crippen LogP) is 3.52. The number of alkyl halides is 2. The minimum atomic E-state index is -2.66. The van der Waals surface area contributed by atoms with Gasteiger partial charge in [0.15, 0.2) is 0 Å². The fourth-order valence-corrected chi connectivity index (χ4v) is 2.49. The van der Waals surface area contributed by atoms with E-state index in [0.717, 1.165) is 0 Å². The molecule has 0 atom stereocenters. The van der Waals surface area contributed by atoms with Crippen LogP contribution in [0.25, 0.3) is 0 Å². The Morgan fingerprint density at radius 3 is 2.53 bits per heavy atom. The number of piperidine rings is 1. The first-order chi connectivity index (χ1) is 8.09. The van der Waals surface area contributed by atoms with Gasteiger partial charge < -0.3 is 5.32 Å². The minimum absolute atomic E-state index is 0.253. The first-order valence-corrected chi connectivity index (χ1v) is 6.29. The standard InChI is InChI=1S/C13H16ClF2N/c14-12-4-2-1-3-10(12)9-13(15,16)11-5-7-17-8-6-11/h1-4,11,17H,5-9H2. The molecular formula is C13H16ClF2N. The van der Waals surface area contributed by atoms with Crippen molar-refractivity contribution in [1.82, 2.24) is 5.32 Å². The summed E-state index contributed by atoms with van der Waals surface area (Å²) in [7, 11) is 0. The molecule has 1 N–H and O–H groups in total. The summed E-state index contributed by atoms with van der Waals surface area (Å²) in [5.41, 5.74) is 0.540. The van der Waals surface area contributed by atoms with Gasteiger partial charge in [-0.15, -0.1) is 0 Å². The van der Waals surface area contributed by atoms with Gasteiger partial charge in [-0.3, -0.25) is 0 Å². The molecule has 0 radical (unpaired) electrons. The number of halogens is 3. The molecular weight excluding hydrogens is 244 g/mol. The summed E-state index contributed by atoms with van der Waals surface area (Å²) in [5.74, 6) is -3.19. The summed E-state index contributed by atoms with van der Waals surface area (Å²) < 4.78 is 28.2. The topological polar surface area (TPSA) is 12.0 Å². The highest BCUT2D eigenvalue weighted by molar-refractivity contribution is 6.31. The number of hydrogen-bond acceptors (Lipinski definition) is 1. The van der Waals surface area contributed by atoms with Gasteiger partial charge in [0.2, 0.25) is 0 Å². The molecule has 0 amide bonds. The average Bonchev–Trinajstić information content (AvgIpc) is 2.33. The highest BCUT2D eigenvalue weighted by Gasteiger charge is 2.40. The molecule has 1 aromatic carbocycles. The molecule has 0 aromatic heterocycles. The van der Waals surface area contributed by atoms with Crippen LogP contribution in [-0.2, 0) is 6.42 Å². The largest absolute Gasteiger partial charge is 0.317 e. The molecule has 4 heteroatoms. The molecule has 94 valence electrons. The van der Waals surface area contributed by atoms with Gasteiger partial charge in [-0.25, -0.2) is 8.78 Å². The second-order valence-electron chi connectivity index (χ2n) is 4.55. The highest BCUT2D eigenvalue weighted by atomic mass is 35.5. The zero-order valence-corrected chi connectivity index (χ0v) is 10.3. The second-order valence-corrected chi connectivity index (χ2v) is 4.96. The lowest BCUT2D eigenvalue weighted by Gasteiger charge is -2.30. The molecule has 0 bridgehead atoms. The average molecular weight is 260 g/mol. The quantitative estimate of drug-likeness (QED) is 0.876. The van der Waals surface area contributed by atoms with Crippen molar-refractivity contribution in [3.05, 3.63) is 34.9 Å². The zero-order chi connectivity index (χ0) is 12.3. The van der Waals surface area contributed by atoms with Gasteiger partial charge in [-0.2, -0.15) is 0 Å². The summed E-state index contributed by atoms with van der Waals surface area (Å²) >= 11 is 5.92. The van der Waals surface area contributed by atoms with E-state index in [1.165, 1.54) is 0 Å². The van der Waals surface area contributed by atoms with Crippen LogP contribution in [0.2, 0.25) is 5.02 Å². The van der Waals surface area contributed by atoms with Crippen LogP contribution in [0.3, 0.4) is 0 Å². The third-order valence-electron chi connectivity index (χ3n) is 3.32. The zero-order valence-electron chi connectivity index (χ0n) is 9.56. The second kappa shape index (κ2) is 5.32. The van der Waals surface area contributed by atoms with E-state index in [2.05, 4.69) is 5.32 Å². The van der Waals surface area contributed by atoms with E-state index in [0.29, 0.717) is 36.5 Å². The van der Waals surface area contributed by atoms with E-state index >= 15 is 0 Å². The molecule has 2 rings (SSSR count). The van der Waals surface area contributed by atoms with E-state index in [4.69, 9.17) is 11.6 Å². The Balaban J connectivity index is 2.08. The molecule has 17 heavy (non-hydrogen) atoms. The third-order valence-corrected chi connectivity index (χ3v) is 3.69. The van der Waals surface area contributed by atoms with E-state index < -0.39 is 11.8 Å².